The number of nitrogens with zero attached hydrogens (tertiary/aromatic N) is 1. The van der Waals surface area contributed by atoms with Crippen molar-refractivity contribution in [1.82, 2.24) is 4.90 Å². The summed E-state index contributed by atoms with van der Waals surface area (Å²) in [6, 6.07) is 1.22. The van der Waals surface area contributed by atoms with E-state index in [2.05, 4.69) is 25.1 Å². The van der Waals surface area contributed by atoms with Gasteiger partial charge in [0, 0.05) is 24.4 Å². The SMILES string of the molecule is CCC(CSC)N(C)CC1C2CCC(C2)C1N. The fraction of sp³-hybridized carbons (Fsp3) is 1.00. The predicted octanol–water partition coefficient (Wildman–Crippen LogP) is 2.43. The lowest BCUT2D eigenvalue weighted by molar-refractivity contribution is 0.166. The molecular weight excluding hydrogens is 228 g/mol. The Labute approximate surface area is 111 Å². The molecule has 17 heavy (non-hydrogen) atoms. The van der Waals surface area contributed by atoms with E-state index in [0.717, 1.165) is 23.8 Å². The van der Waals surface area contributed by atoms with Gasteiger partial charge in [0.2, 0.25) is 0 Å². The van der Waals surface area contributed by atoms with E-state index in [0.29, 0.717) is 6.04 Å². The van der Waals surface area contributed by atoms with E-state index in [1.165, 1.54) is 38.0 Å². The van der Waals surface area contributed by atoms with Crippen LogP contribution in [0.3, 0.4) is 0 Å². The molecule has 2 N–H and O–H groups in total. The first-order valence-corrected chi connectivity index (χ1v) is 8.51. The third-order valence-corrected chi connectivity index (χ3v) is 5.83. The summed E-state index contributed by atoms with van der Waals surface area (Å²) in [6.07, 6.45) is 7.72. The number of fused-ring (bicyclic) bond motifs is 2. The predicted molar refractivity (Wildman–Crippen MR) is 77.4 cm³/mol. The number of hydrogen-bond donors (Lipinski definition) is 1. The van der Waals surface area contributed by atoms with Crippen LogP contribution in [0, 0.1) is 17.8 Å². The standard InChI is InChI=1S/C14H28N2S/c1-4-12(9-17-3)16(2)8-13-10-5-6-11(7-10)14(13)15/h10-14H,4-9,15H2,1-3H3. The fourth-order valence-electron chi connectivity index (χ4n) is 3.96. The van der Waals surface area contributed by atoms with Crippen LogP contribution < -0.4 is 5.73 Å². The summed E-state index contributed by atoms with van der Waals surface area (Å²) in [5, 5.41) is 0. The highest BCUT2D eigenvalue weighted by Gasteiger charge is 2.45. The topological polar surface area (TPSA) is 29.3 Å². The lowest BCUT2D eigenvalue weighted by Gasteiger charge is -2.35. The largest absolute Gasteiger partial charge is 0.327 e. The highest BCUT2D eigenvalue weighted by molar-refractivity contribution is 7.98. The van der Waals surface area contributed by atoms with Crippen molar-refractivity contribution in [3.8, 4) is 0 Å². The van der Waals surface area contributed by atoms with Gasteiger partial charge in [-0.1, -0.05) is 6.92 Å². The van der Waals surface area contributed by atoms with Crippen molar-refractivity contribution >= 4 is 11.8 Å². The molecule has 100 valence electrons. The zero-order valence-corrected chi connectivity index (χ0v) is 12.4. The van der Waals surface area contributed by atoms with Crippen LogP contribution in [-0.4, -0.2) is 42.6 Å². The molecule has 3 heteroatoms. The molecule has 2 fully saturated rings. The molecule has 2 aliphatic carbocycles. The lowest BCUT2D eigenvalue weighted by atomic mass is 9.84. The number of nitrogens with two attached hydrogens (primary N) is 1. The maximum atomic E-state index is 6.40. The van der Waals surface area contributed by atoms with Crippen LogP contribution in [0.15, 0.2) is 0 Å². The van der Waals surface area contributed by atoms with Crippen LogP contribution >= 0.6 is 11.8 Å². The summed E-state index contributed by atoms with van der Waals surface area (Å²) in [5.41, 5.74) is 6.40. The summed E-state index contributed by atoms with van der Waals surface area (Å²) in [5.74, 6) is 3.81. The van der Waals surface area contributed by atoms with Crippen molar-refractivity contribution in [2.75, 3.05) is 25.6 Å². The van der Waals surface area contributed by atoms with E-state index in [4.69, 9.17) is 5.73 Å². The molecule has 0 aromatic heterocycles. The van der Waals surface area contributed by atoms with Crippen LogP contribution in [0.5, 0.6) is 0 Å². The Morgan fingerprint density at radius 3 is 2.59 bits per heavy atom. The van der Waals surface area contributed by atoms with Crippen LogP contribution in [0.1, 0.15) is 32.6 Å². The Bertz CT molecular complexity index is 244. The number of rotatable bonds is 6. The first-order valence-electron chi connectivity index (χ1n) is 7.12. The van der Waals surface area contributed by atoms with Gasteiger partial charge in [0.15, 0.2) is 0 Å². The van der Waals surface area contributed by atoms with Gasteiger partial charge in [0.05, 0.1) is 0 Å². The molecule has 5 atom stereocenters. The molecule has 2 nitrogen and oxygen atoms in total. The Balaban J connectivity index is 1.87. The van der Waals surface area contributed by atoms with Gasteiger partial charge in [-0.25, -0.2) is 0 Å². The zero-order chi connectivity index (χ0) is 12.4. The fourth-order valence-corrected chi connectivity index (χ4v) is 4.83. The molecule has 2 saturated carbocycles. The van der Waals surface area contributed by atoms with E-state index in [9.17, 15) is 0 Å². The Kier molecular flexibility index (Phi) is 4.79. The molecule has 0 saturated heterocycles. The molecule has 0 aromatic rings. The minimum absolute atomic E-state index is 0.489. The van der Waals surface area contributed by atoms with Crippen LogP contribution in [0.4, 0.5) is 0 Å². The maximum absolute atomic E-state index is 6.40. The quantitative estimate of drug-likeness (QED) is 0.791. The Hall–Kier alpha value is 0.270. The molecule has 0 radical (unpaired) electrons. The number of hydrogen-bond acceptors (Lipinski definition) is 3. The first-order chi connectivity index (χ1) is 8.17. The molecule has 0 amide bonds. The van der Waals surface area contributed by atoms with Crippen LogP contribution in [0.2, 0.25) is 0 Å². The van der Waals surface area contributed by atoms with Crippen molar-refractivity contribution in [3.05, 3.63) is 0 Å². The second kappa shape index (κ2) is 5.94. The Morgan fingerprint density at radius 1 is 1.35 bits per heavy atom. The molecule has 2 bridgehead atoms. The highest BCUT2D eigenvalue weighted by atomic mass is 32.2. The van der Waals surface area contributed by atoms with Crippen molar-refractivity contribution in [2.45, 2.75) is 44.7 Å². The third-order valence-electron chi connectivity index (χ3n) is 5.11. The lowest BCUT2D eigenvalue weighted by Crippen LogP contribution is -2.45. The second-order valence-electron chi connectivity index (χ2n) is 6.03. The van der Waals surface area contributed by atoms with Gasteiger partial charge in [0.1, 0.15) is 0 Å². The average Bonchev–Trinajstić information content (AvgIpc) is 2.89. The minimum atomic E-state index is 0.489. The van der Waals surface area contributed by atoms with Gasteiger partial charge in [-0.05, 0) is 56.7 Å². The van der Waals surface area contributed by atoms with Crippen LogP contribution in [-0.2, 0) is 0 Å². The Morgan fingerprint density at radius 2 is 2.06 bits per heavy atom. The smallest absolute Gasteiger partial charge is 0.0180 e. The first kappa shape index (κ1) is 13.7. The van der Waals surface area contributed by atoms with E-state index < -0.39 is 0 Å². The average molecular weight is 256 g/mol. The maximum Gasteiger partial charge on any atom is 0.0180 e. The summed E-state index contributed by atoms with van der Waals surface area (Å²) in [6.45, 7) is 3.53. The second-order valence-corrected chi connectivity index (χ2v) is 6.94. The van der Waals surface area contributed by atoms with Crippen molar-refractivity contribution in [3.63, 3.8) is 0 Å². The van der Waals surface area contributed by atoms with Gasteiger partial charge in [-0.2, -0.15) is 11.8 Å². The summed E-state index contributed by atoms with van der Waals surface area (Å²) in [4.78, 5) is 2.57. The van der Waals surface area contributed by atoms with Gasteiger partial charge in [-0.3, -0.25) is 0 Å². The normalized spacial score (nSPS) is 37.9. The van der Waals surface area contributed by atoms with Crippen molar-refractivity contribution in [2.24, 2.45) is 23.5 Å². The van der Waals surface area contributed by atoms with Gasteiger partial charge in [-0.15, -0.1) is 0 Å². The zero-order valence-electron chi connectivity index (χ0n) is 11.6. The van der Waals surface area contributed by atoms with Gasteiger partial charge in [0.25, 0.3) is 0 Å². The molecule has 0 aliphatic heterocycles. The van der Waals surface area contributed by atoms with E-state index in [-0.39, 0.29) is 0 Å². The summed E-state index contributed by atoms with van der Waals surface area (Å²) in [7, 11) is 2.29. The summed E-state index contributed by atoms with van der Waals surface area (Å²) >= 11 is 1.96. The monoisotopic (exact) mass is 256 g/mol. The van der Waals surface area contributed by atoms with Crippen LogP contribution in [0.25, 0.3) is 0 Å². The molecular formula is C14H28N2S. The molecule has 0 spiro atoms. The number of thioether (sulfide) groups is 1. The highest BCUT2D eigenvalue weighted by Crippen LogP contribution is 2.47. The van der Waals surface area contributed by atoms with Gasteiger partial charge < -0.3 is 10.6 Å². The third kappa shape index (κ3) is 2.82. The molecule has 0 aromatic carbocycles. The van der Waals surface area contributed by atoms with Gasteiger partial charge >= 0.3 is 0 Å². The molecule has 0 heterocycles. The minimum Gasteiger partial charge on any atom is -0.327 e. The van der Waals surface area contributed by atoms with E-state index in [1.54, 1.807) is 0 Å². The van der Waals surface area contributed by atoms with Crippen molar-refractivity contribution < 1.29 is 0 Å². The molecule has 5 unspecified atom stereocenters. The van der Waals surface area contributed by atoms with Crippen molar-refractivity contribution in [1.29, 1.82) is 0 Å². The molecule has 2 rings (SSSR count). The van der Waals surface area contributed by atoms with E-state index in [1.807, 2.05) is 11.8 Å². The van der Waals surface area contributed by atoms with E-state index >= 15 is 0 Å². The molecule has 2 aliphatic rings. The summed E-state index contributed by atoms with van der Waals surface area (Å²) < 4.78 is 0.